The van der Waals surface area contributed by atoms with Crippen LogP contribution in [0.4, 0.5) is 4.39 Å². The van der Waals surface area contributed by atoms with Crippen molar-refractivity contribution in [1.29, 1.82) is 5.26 Å². The molecule has 2 rings (SSSR count). The van der Waals surface area contributed by atoms with Gasteiger partial charge in [0.15, 0.2) is 0 Å². The van der Waals surface area contributed by atoms with E-state index in [9.17, 15) is 9.18 Å². The van der Waals surface area contributed by atoms with Crippen LogP contribution in [0.5, 0.6) is 0 Å². The van der Waals surface area contributed by atoms with E-state index in [-0.39, 0.29) is 29.7 Å². The van der Waals surface area contributed by atoms with Crippen molar-refractivity contribution in [2.45, 2.75) is 0 Å². The van der Waals surface area contributed by atoms with Crippen molar-refractivity contribution in [3.63, 3.8) is 0 Å². The molecule has 1 aromatic carbocycles. The first-order valence-electron chi connectivity index (χ1n) is 6.45. The second kappa shape index (κ2) is 7.77. The van der Waals surface area contributed by atoms with E-state index in [1.54, 1.807) is 17.0 Å². The number of likely N-dealkylation sites (N-methyl/N-ethyl adjacent to an activating group) is 1. The summed E-state index contributed by atoms with van der Waals surface area (Å²) in [6.07, 6.45) is 1.50. The van der Waals surface area contributed by atoms with Crippen LogP contribution in [0.25, 0.3) is 6.08 Å². The van der Waals surface area contributed by atoms with Crippen molar-refractivity contribution in [3.05, 3.63) is 41.2 Å². The SMILES string of the molecule is CN1CCN(C(=O)/C(C#N)=C/c2ccc(F)cc2)CC1.[Cl-]. The number of piperazine rings is 1. The molecule has 0 radical (unpaired) electrons. The zero-order chi connectivity index (χ0) is 14.5. The van der Waals surface area contributed by atoms with Crippen molar-refractivity contribution < 1.29 is 21.6 Å². The fourth-order valence-electron chi connectivity index (χ4n) is 2.05. The van der Waals surface area contributed by atoms with Crippen LogP contribution < -0.4 is 12.4 Å². The summed E-state index contributed by atoms with van der Waals surface area (Å²) in [5, 5.41) is 9.14. The Kier molecular flexibility index (Phi) is 6.35. The molecule has 1 amide bonds. The Hall–Kier alpha value is -1.90. The molecule has 1 saturated heterocycles. The highest BCUT2D eigenvalue weighted by atomic mass is 35.5. The smallest absolute Gasteiger partial charge is 0.264 e. The number of rotatable bonds is 2. The largest absolute Gasteiger partial charge is 1.00 e. The van der Waals surface area contributed by atoms with Crippen LogP contribution in [0.3, 0.4) is 0 Å². The maximum Gasteiger partial charge on any atom is 0.264 e. The third-order valence-corrected chi connectivity index (χ3v) is 3.32. The van der Waals surface area contributed by atoms with Gasteiger partial charge in [-0.3, -0.25) is 4.79 Å². The lowest BCUT2D eigenvalue weighted by molar-refractivity contribution is -0.128. The molecule has 0 unspecified atom stereocenters. The minimum absolute atomic E-state index is 0. The summed E-state index contributed by atoms with van der Waals surface area (Å²) in [7, 11) is 2.00. The lowest BCUT2D eigenvalue weighted by Crippen LogP contribution is -3.00. The zero-order valence-corrected chi connectivity index (χ0v) is 12.5. The van der Waals surface area contributed by atoms with E-state index in [4.69, 9.17) is 5.26 Å². The molecule has 4 nitrogen and oxygen atoms in total. The molecular formula is C15H16ClFN3O-. The van der Waals surface area contributed by atoms with E-state index in [0.29, 0.717) is 18.7 Å². The number of benzene rings is 1. The van der Waals surface area contributed by atoms with Gasteiger partial charge in [0.05, 0.1) is 0 Å². The van der Waals surface area contributed by atoms with Crippen LogP contribution in [-0.4, -0.2) is 48.9 Å². The van der Waals surface area contributed by atoms with Gasteiger partial charge in [-0.25, -0.2) is 4.39 Å². The molecule has 0 aliphatic carbocycles. The summed E-state index contributed by atoms with van der Waals surface area (Å²) in [4.78, 5) is 16.1. The van der Waals surface area contributed by atoms with Crippen LogP contribution in [-0.2, 0) is 4.79 Å². The van der Waals surface area contributed by atoms with E-state index < -0.39 is 0 Å². The van der Waals surface area contributed by atoms with Gasteiger partial charge >= 0.3 is 0 Å². The summed E-state index contributed by atoms with van der Waals surface area (Å²) in [6, 6.07) is 7.64. The molecule has 6 heteroatoms. The highest BCUT2D eigenvalue weighted by Gasteiger charge is 2.21. The quantitative estimate of drug-likeness (QED) is 0.494. The van der Waals surface area contributed by atoms with Gasteiger partial charge in [-0.15, -0.1) is 0 Å². The Morgan fingerprint density at radius 1 is 1.24 bits per heavy atom. The van der Waals surface area contributed by atoms with Gasteiger partial charge in [0.25, 0.3) is 5.91 Å². The summed E-state index contributed by atoms with van der Waals surface area (Å²) in [5.74, 6) is -0.601. The van der Waals surface area contributed by atoms with Crippen LogP contribution >= 0.6 is 0 Å². The average molecular weight is 309 g/mol. The fourth-order valence-corrected chi connectivity index (χ4v) is 2.05. The molecule has 1 aliphatic rings. The molecule has 112 valence electrons. The molecule has 1 aromatic rings. The van der Waals surface area contributed by atoms with E-state index in [0.717, 1.165) is 13.1 Å². The Morgan fingerprint density at radius 2 is 1.81 bits per heavy atom. The Morgan fingerprint density at radius 3 is 2.33 bits per heavy atom. The van der Waals surface area contributed by atoms with Gasteiger partial charge in [-0.05, 0) is 30.8 Å². The van der Waals surface area contributed by atoms with E-state index in [1.165, 1.54) is 18.2 Å². The maximum absolute atomic E-state index is 12.8. The van der Waals surface area contributed by atoms with Crippen molar-refractivity contribution in [2.24, 2.45) is 0 Å². The summed E-state index contributed by atoms with van der Waals surface area (Å²) in [5.41, 5.74) is 0.728. The maximum atomic E-state index is 12.8. The Balaban J connectivity index is 0.00000220. The predicted molar refractivity (Wildman–Crippen MR) is 74.1 cm³/mol. The molecule has 21 heavy (non-hydrogen) atoms. The van der Waals surface area contributed by atoms with Crippen molar-refractivity contribution in [3.8, 4) is 6.07 Å². The third kappa shape index (κ3) is 4.55. The monoisotopic (exact) mass is 308 g/mol. The van der Waals surface area contributed by atoms with Gasteiger partial charge in [-0.1, -0.05) is 12.1 Å². The Labute approximate surface area is 129 Å². The minimum Gasteiger partial charge on any atom is -1.00 e. The fraction of sp³-hybridized carbons (Fsp3) is 0.333. The normalized spacial score (nSPS) is 16.0. The van der Waals surface area contributed by atoms with Crippen molar-refractivity contribution in [1.82, 2.24) is 9.80 Å². The third-order valence-electron chi connectivity index (χ3n) is 3.32. The van der Waals surface area contributed by atoms with Crippen LogP contribution in [0, 0.1) is 17.1 Å². The van der Waals surface area contributed by atoms with E-state index in [2.05, 4.69) is 4.90 Å². The van der Waals surface area contributed by atoms with Gasteiger partial charge in [0.2, 0.25) is 0 Å². The standard InChI is InChI=1S/C15H16FN3O.ClH/c1-18-6-8-19(9-7-18)15(20)13(11-17)10-12-2-4-14(16)5-3-12;/h2-5,10H,6-9H2,1H3;1H/p-1/b13-10+;. The number of carbonyl (C=O) groups excluding carboxylic acids is 1. The Bertz CT molecular complexity index is 557. The van der Waals surface area contributed by atoms with Crippen LogP contribution in [0.1, 0.15) is 5.56 Å². The van der Waals surface area contributed by atoms with Gasteiger partial charge in [0, 0.05) is 26.2 Å². The first-order chi connectivity index (χ1) is 9.60. The molecule has 0 spiro atoms. The number of nitrogens with zero attached hydrogens (tertiary/aromatic N) is 3. The summed E-state index contributed by atoms with van der Waals surface area (Å²) >= 11 is 0. The lowest BCUT2D eigenvalue weighted by Gasteiger charge is -2.32. The van der Waals surface area contributed by atoms with Gasteiger partial charge in [0.1, 0.15) is 17.5 Å². The number of hydrogen-bond donors (Lipinski definition) is 0. The molecule has 0 bridgehead atoms. The molecule has 1 aliphatic heterocycles. The van der Waals surface area contributed by atoms with E-state index in [1.807, 2.05) is 13.1 Å². The van der Waals surface area contributed by atoms with Crippen LogP contribution in [0.2, 0.25) is 0 Å². The highest BCUT2D eigenvalue weighted by molar-refractivity contribution is 6.01. The zero-order valence-electron chi connectivity index (χ0n) is 11.7. The number of hydrogen-bond acceptors (Lipinski definition) is 3. The number of nitriles is 1. The highest BCUT2D eigenvalue weighted by Crippen LogP contribution is 2.11. The molecule has 0 N–H and O–H groups in total. The second-order valence-corrected chi connectivity index (χ2v) is 4.82. The predicted octanol–water partition coefficient (Wildman–Crippen LogP) is -1.49. The van der Waals surface area contributed by atoms with Crippen molar-refractivity contribution >= 4 is 12.0 Å². The molecule has 0 atom stereocenters. The van der Waals surface area contributed by atoms with Crippen molar-refractivity contribution in [2.75, 3.05) is 33.2 Å². The molecule has 1 heterocycles. The number of amides is 1. The molecule has 0 saturated carbocycles. The number of carbonyl (C=O) groups is 1. The van der Waals surface area contributed by atoms with Crippen LogP contribution in [0.15, 0.2) is 29.8 Å². The first kappa shape index (κ1) is 17.2. The second-order valence-electron chi connectivity index (χ2n) is 4.82. The average Bonchev–Trinajstić information content (AvgIpc) is 2.47. The topological polar surface area (TPSA) is 47.3 Å². The van der Waals surface area contributed by atoms with Gasteiger partial charge in [-0.2, -0.15) is 5.26 Å². The summed E-state index contributed by atoms with van der Waals surface area (Å²) < 4.78 is 12.8. The first-order valence-corrected chi connectivity index (χ1v) is 6.45. The lowest BCUT2D eigenvalue weighted by atomic mass is 10.1. The number of halogens is 2. The minimum atomic E-state index is -0.342. The van der Waals surface area contributed by atoms with Gasteiger partial charge < -0.3 is 22.2 Å². The molecule has 1 fully saturated rings. The summed E-state index contributed by atoms with van der Waals surface area (Å²) in [6.45, 7) is 2.86. The molecule has 0 aromatic heterocycles. The molecular weight excluding hydrogens is 293 g/mol. The van der Waals surface area contributed by atoms with E-state index >= 15 is 0 Å².